The summed E-state index contributed by atoms with van der Waals surface area (Å²) in [5.41, 5.74) is 0. The highest BCUT2D eigenvalue weighted by atomic mass is 16.7. The molecule has 0 unspecified atom stereocenters. The minimum absolute atomic E-state index is 0.348. The van der Waals surface area contributed by atoms with E-state index in [2.05, 4.69) is 39.3 Å². The quantitative estimate of drug-likeness (QED) is 0.111. The van der Waals surface area contributed by atoms with Crippen LogP contribution in [0.1, 0.15) is 0 Å². The van der Waals surface area contributed by atoms with E-state index < -0.39 is 51.4 Å². The number of aliphatic imine (C=N–C) groups is 1. The van der Waals surface area contributed by atoms with Gasteiger partial charge in [-0.25, -0.2) is 24.0 Å². The molecule has 0 atom stereocenters. The minimum Gasteiger partial charge on any atom is -0.412 e. The van der Waals surface area contributed by atoms with Crippen LogP contribution in [0.2, 0.25) is 0 Å². The molecule has 0 aliphatic carbocycles. The number of nitriles is 1. The molecule has 16 nitrogen and oxygen atoms in total. The zero-order valence-electron chi connectivity index (χ0n) is 13.5. The molecule has 0 aliphatic rings. The van der Waals surface area contributed by atoms with E-state index >= 15 is 0 Å². The maximum Gasteiger partial charge on any atom is 0.412 e. The number of nitrogens with zero attached hydrogens (tertiary/aromatic N) is 2. The molecule has 0 spiro atoms. The van der Waals surface area contributed by atoms with Gasteiger partial charge in [0, 0.05) is 0 Å². The van der Waals surface area contributed by atoms with Crippen LogP contribution in [0.15, 0.2) is 4.99 Å². The maximum atomic E-state index is 11.2. The van der Waals surface area contributed by atoms with E-state index in [1.807, 2.05) is 10.6 Å². The SMILES string of the molecule is N#COCNC(=O)OCOC(=O)NCNC(=O)OCOC(=O)NCN=C=O. The van der Waals surface area contributed by atoms with Crippen molar-refractivity contribution in [1.82, 2.24) is 21.3 Å². The summed E-state index contributed by atoms with van der Waals surface area (Å²) in [6, 6.07) is 0. The summed E-state index contributed by atoms with van der Waals surface area (Å²) in [5, 5.41) is 16.2. The fraction of sp³-hybridized carbons (Fsp3) is 0.455. The van der Waals surface area contributed by atoms with E-state index in [1.165, 1.54) is 12.3 Å². The Morgan fingerprint density at radius 2 is 1.30 bits per heavy atom. The number of hydrogen-bond donors (Lipinski definition) is 4. The fourth-order valence-electron chi connectivity index (χ4n) is 0.929. The average Bonchev–Trinajstić information content (AvgIpc) is 2.62. The van der Waals surface area contributed by atoms with Crippen LogP contribution < -0.4 is 21.3 Å². The van der Waals surface area contributed by atoms with Crippen molar-refractivity contribution in [1.29, 1.82) is 5.26 Å². The van der Waals surface area contributed by atoms with Crippen molar-refractivity contribution in [3.05, 3.63) is 0 Å². The van der Waals surface area contributed by atoms with Gasteiger partial charge in [0.05, 0.1) is 6.67 Å². The molecule has 0 aliphatic heterocycles. The number of rotatable bonds is 10. The van der Waals surface area contributed by atoms with Gasteiger partial charge in [-0.3, -0.25) is 5.32 Å². The number of carbonyl (C=O) groups is 4. The molecule has 148 valence electrons. The third-order valence-corrected chi connectivity index (χ3v) is 1.95. The Kier molecular flexibility index (Phi) is 12.9. The summed E-state index contributed by atoms with van der Waals surface area (Å²) in [5.74, 6) is 0. The predicted molar refractivity (Wildman–Crippen MR) is 77.6 cm³/mol. The van der Waals surface area contributed by atoms with Crippen molar-refractivity contribution in [2.24, 2.45) is 4.99 Å². The molecule has 0 fully saturated rings. The second kappa shape index (κ2) is 15.3. The number of ether oxygens (including phenoxy) is 5. The minimum atomic E-state index is -1.04. The predicted octanol–water partition coefficient (Wildman–Crippen LogP) is -1.49. The number of nitrogens with one attached hydrogen (secondary N) is 4. The van der Waals surface area contributed by atoms with Crippen LogP contribution in [0.5, 0.6) is 0 Å². The maximum absolute atomic E-state index is 11.2. The van der Waals surface area contributed by atoms with E-state index in [4.69, 9.17) is 5.26 Å². The molecule has 0 rings (SSSR count). The largest absolute Gasteiger partial charge is 0.412 e. The Morgan fingerprint density at radius 3 is 1.78 bits per heavy atom. The first-order chi connectivity index (χ1) is 13.0. The molecule has 4 amide bonds. The van der Waals surface area contributed by atoms with E-state index in [1.54, 1.807) is 0 Å². The molecule has 0 aromatic carbocycles. The van der Waals surface area contributed by atoms with Crippen LogP contribution in [0.25, 0.3) is 0 Å². The summed E-state index contributed by atoms with van der Waals surface area (Å²) < 4.78 is 21.7. The van der Waals surface area contributed by atoms with Crippen LogP contribution >= 0.6 is 0 Å². The van der Waals surface area contributed by atoms with Gasteiger partial charge < -0.3 is 39.6 Å². The highest BCUT2D eigenvalue weighted by Crippen LogP contribution is 1.84. The second-order valence-corrected chi connectivity index (χ2v) is 3.63. The van der Waals surface area contributed by atoms with Crippen LogP contribution in [-0.4, -0.2) is 64.1 Å². The third kappa shape index (κ3) is 15.0. The molecule has 0 aromatic heterocycles. The lowest BCUT2D eigenvalue weighted by Gasteiger charge is -2.09. The third-order valence-electron chi connectivity index (χ3n) is 1.95. The highest BCUT2D eigenvalue weighted by molar-refractivity contribution is 5.71. The molecule has 0 saturated heterocycles. The van der Waals surface area contributed by atoms with Gasteiger partial charge in [0.15, 0.2) is 6.73 Å². The molecule has 0 bridgehead atoms. The summed E-state index contributed by atoms with van der Waals surface area (Å²) in [4.78, 5) is 57.0. The highest BCUT2D eigenvalue weighted by Gasteiger charge is 2.07. The van der Waals surface area contributed by atoms with Crippen molar-refractivity contribution >= 4 is 30.5 Å². The van der Waals surface area contributed by atoms with Crippen molar-refractivity contribution in [3.63, 3.8) is 0 Å². The van der Waals surface area contributed by atoms with Gasteiger partial charge in [0.25, 0.3) is 6.26 Å². The summed E-state index contributed by atoms with van der Waals surface area (Å²) in [6.07, 6.45) is -1.59. The lowest BCUT2D eigenvalue weighted by Crippen LogP contribution is -2.38. The van der Waals surface area contributed by atoms with E-state index in [0.717, 1.165) is 0 Å². The lowest BCUT2D eigenvalue weighted by atomic mass is 10.9. The number of hydrogen-bond acceptors (Lipinski definition) is 12. The first-order valence-electron chi connectivity index (χ1n) is 6.66. The van der Waals surface area contributed by atoms with Crippen LogP contribution in [0.3, 0.4) is 0 Å². The van der Waals surface area contributed by atoms with Gasteiger partial charge in [-0.15, -0.1) is 0 Å². The number of isocyanates is 1. The molecule has 0 radical (unpaired) electrons. The molecule has 27 heavy (non-hydrogen) atoms. The van der Waals surface area contributed by atoms with Crippen LogP contribution in [-0.2, 0) is 28.5 Å². The smallest absolute Gasteiger partial charge is 0.412 e. The molecular formula is C11H14N6O10. The molecular weight excluding hydrogens is 376 g/mol. The van der Waals surface area contributed by atoms with Gasteiger partial charge in [0.2, 0.25) is 19.7 Å². The van der Waals surface area contributed by atoms with Crippen LogP contribution in [0, 0.1) is 11.5 Å². The van der Waals surface area contributed by atoms with E-state index in [-0.39, 0.29) is 6.67 Å². The Hall–Kier alpha value is -4.25. The Morgan fingerprint density at radius 1 is 0.815 bits per heavy atom. The van der Waals surface area contributed by atoms with Crippen molar-refractivity contribution in [2.75, 3.05) is 33.7 Å². The Balaban J connectivity index is 3.63. The summed E-state index contributed by atoms with van der Waals surface area (Å²) in [6.45, 7) is -2.66. The molecule has 16 heteroatoms. The van der Waals surface area contributed by atoms with Crippen molar-refractivity contribution < 1.29 is 47.7 Å². The summed E-state index contributed by atoms with van der Waals surface area (Å²) >= 11 is 0. The van der Waals surface area contributed by atoms with Crippen LogP contribution in [0.4, 0.5) is 19.2 Å². The number of carbonyl (C=O) groups excluding carboxylic acids is 5. The van der Waals surface area contributed by atoms with Gasteiger partial charge in [-0.1, -0.05) is 0 Å². The molecule has 0 heterocycles. The Labute approximate surface area is 150 Å². The zero-order chi connectivity index (χ0) is 20.3. The van der Waals surface area contributed by atoms with Crippen molar-refractivity contribution in [3.8, 4) is 6.26 Å². The molecule has 4 N–H and O–H groups in total. The number of amides is 4. The fourth-order valence-corrected chi connectivity index (χ4v) is 0.929. The Bertz CT molecular complexity index is 599. The first-order valence-corrected chi connectivity index (χ1v) is 6.66. The van der Waals surface area contributed by atoms with Crippen molar-refractivity contribution in [2.45, 2.75) is 0 Å². The van der Waals surface area contributed by atoms with E-state index in [0.29, 0.717) is 0 Å². The standard InChI is InChI=1S/C11H14N6O10/c12-1-23-5-17-11(22)27-7-26-10(21)16-3-15-9(20)25-6-24-8(19)14-2-13-4-18/h2-3,5-7H2,(H,14,19)(H,15,20)(H,16,21)(H,17,22). The normalized spacial score (nSPS) is 8.56. The van der Waals surface area contributed by atoms with Gasteiger partial charge in [0.1, 0.15) is 6.67 Å². The monoisotopic (exact) mass is 390 g/mol. The lowest BCUT2D eigenvalue weighted by molar-refractivity contribution is 0.0205. The second-order valence-electron chi connectivity index (χ2n) is 3.63. The molecule has 0 saturated carbocycles. The first kappa shape index (κ1) is 22.8. The zero-order valence-corrected chi connectivity index (χ0v) is 13.5. The molecule has 0 aromatic rings. The summed E-state index contributed by atoms with van der Waals surface area (Å²) in [7, 11) is 0. The van der Waals surface area contributed by atoms with Gasteiger partial charge >= 0.3 is 24.4 Å². The average molecular weight is 390 g/mol. The van der Waals surface area contributed by atoms with Gasteiger partial charge in [-0.2, -0.15) is 10.3 Å². The van der Waals surface area contributed by atoms with E-state index in [9.17, 15) is 24.0 Å². The number of alkyl carbamates (subject to hydrolysis) is 4. The topological polar surface area (TPSA) is 216 Å². The van der Waals surface area contributed by atoms with Gasteiger partial charge in [-0.05, 0) is 0 Å².